The third-order valence-corrected chi connectivity index (χ3v) is 6.92. The standard InChI is InChI=1S/C32H23N7/c1-32(2,3)23-9-11-29-26(13-23)24-6-4-5-7-27(24)39(29)28-10-8-20(21-16-35-30(14-33)36-17-21)12-25(28)22-18-37-31(15-34)38-19-22/h4-13,16-19H,1-3H3. The Balaban J connectivity index is 1.64. The first-order valence-electron chi connectivity index (χ1n) is 12.5. The summed E-state index contributed by atoms with van der Waals surface area (Å²) in [5, 5.41) is 20.7. The molecule has 39 heavy (non-hydrogen) atoms. The summed E-state index contributed by atoms with van der Waals surface area (Å²) in [5.74, 6) is 0.236. The first-order valence-corrected chi connectivity index (χ1v) is 12.5. The van der Waals surface area contributed by atoms with Gasteiger partial charge in [0.1, 0.15) is 12.1 Å². The van der Waals surface area contributed by atoms with E-state index in [0.717, 1.165) is 39.0 Å². The van der Waals surface area contributed by atoms with Crippen molar-refractivity contribution in [2.45, 2.75) is 26.2 Å². The van der Waals surface area contributed by atoms with Crippen molar-refractivity contribution in [3.63, 3.8) is 0 Å². The summed E-state index contributed by atoms with van der Waals surface area (Å²) < 4.78 is 2.27. The van der Waals surface area contributed by atoms with Crippen molar-refractivity contribution in [2.75, 3.05) is 0 Å². The van der Waals surface area contributed by atoms with Gasteiger partial charge in [0.2, 0.25) is 11.6 Å². The number of para-hydroxylation sites is 1. The van der Waals surface area contributed by atoms with Gasteiger partial charge in [0.25, 0.3) is 0 Å². The second kappa shape index (κ2) is 9.16. The van der Waals surface area contributed by atoms with E-state index in [1.807, 2.05) is 18.2 Å². The molecule has 0 bridgehead atoms. The number of nitriles is 2. The molecule has 0 saturated carbocycles. The van der Waals surface area contributed by atoms with E-state index in [9.17, 15) is 5.26 Å². The topological polar surface area (TPSA) is 104 Å². The molecule has 6 aromatic rings. The quantitative estimate of drug-likeness (QED) is 0.264. The van der Waals surface area contributed by atoms with E-state index in [1.54, 1.807) is 24.8 Å². The number of nitrogens with zero attached hydrogens (tertiary/aromatic N) is 7. The van der Waals surface area contributed by atoms with Crippen LogP contribution in [0.25, 0.3) is 49.7 Å². The Morgan fingerprint density at radius 2 is 1.26 bits per heavy atom. The van der Waals surface area contributed by atoms with Gasteiger partial charge in [-0.05, 0) is 46.9 Å². The fourth-order valence-electron chi connectivity index (χ4n) is 4.90. The molecule has 0 amide bonds. The second-order valence-corrected chi connectivity index (χ2v) is 10.4. The zero-order chi connectivity index (χ0) is 27.1. The molecule has 0 atom stereocenters. The van der Waals surface area contributed by atoms with Gasteiger partial charge in [-0.3, -0.25) is 0 Å². The lowest BCUT2D eigenvalue weighted by molar-refractivity contribution is 0.591. The third-order valence-electron chi connectivity index (χ3n) is 6.92. The van der Waals surface area contributed by atoms with E-state index in [0.29, 0.717) is 0 Å². The molecule has 3 aromatic carbocycles. The number of benzene rings is 3. The van der Waals surface area contributed by atoms with Crippen LogP contribution in [0.5, 0.6) is 0 Å². The molecule has 186 valence electrons. The average Bonchev–Trinajstić information content (AvgIpc) is 3.30. The first kappa shape index (κ1) is 24.0. The summed E-state index contributed by atoms with van der Waals surface area (Å²) in [7, 11) is 0. The van der Waals surface area contributed by atoms with Crippen LogP contribution in [0.4, 0.5) is 0 Å². The van der Waals surface area contributed by atoms with Crippen molar-refractivity contribution in [1.29, 1.82) is 10.5 Å². The molecule has 0 radical (unpaired) electrons. The van der Waals surface area contributed by atoms with Crippen LogP contribution < -0.4 is 0 Å². The van der Waals surface area contributed by atoms with Crippen LogP contribution in [-0.2, 0) is 5.41 Å². The lowest BCUT2D eigenvalue weighted by Crippen LogP contribution is -2.10. The number of aromatic nitrogens is 5. The van der Waals surface area contributed by atoms with Crippen molar-refractivity contribution < 1.29 is 0 Å². The highest BCUT2D eigenvalue weighted by atomic mass is 15.0. The largest absolute Gasteiger partial charge is 0.309 e. The molecule has 0 N–H and O–H groups in total. The molecule has 7 heteroatoms. The smallest absolute Gasteiger partial charge is 0.232 e. The van der Waals surface area contributed by atoms with Gasteiger partial charge in [0.15, 0.2) is 0 Å². The van der Waals surface area contributed by atoms with Gasteiger partial charge in [-0.15, -0.1) is 0 Å². The van der Waals surface area contributed by atoms with Crippen molar-refractivity contribution in [2.24, 2.45) is 0 Å². The van der Waals surface area contributed by atoms with Gasteiger partial charge >= 0.3 is 0 Å². The third kappa shape index (κ3) is 4.17. The van der Waals surface area contributed by atoms with E-state index < -0.39 is 0 Å². The molecule has 3 heterocycles. The highest BCUT2D eigenvalue weighted by molar-refractivity contribution is 6.10. The molecule has 0 aliphatic heterocycles. The predicted molar refractivity (Wildman–Crippen MR) is 151 cm³/mol. The van der Waals surface area contributed by atoms with Crippen molar-refractivity contribution >= 4 is 21.8 Å². The Morgan fingerprint density at radius 3 is 1.90 bits per heavy atom. The fraction of sp³-hybridized carbons (Fsp3) is 0.125. The van der Waals surface area contributed by atoms with Gasteiger partial charge in [0.05, 0.1) is 16.7 Å². The number of rotatable bonds is 3. The zero-order valence-corrected chi connectivity index (χ0v) is 21.7. The van der Waals surface area contributed by atoms with Crippen LogP contribution >= 0.6 is 0 Å². The fourth-order valence-corrected chi connectivity index (χ4v) is 4.90. The molecular weight excluding hydrogens is 482 g/mol. The maximum absolute atomic E-state index is 9.24. The second-order valence-electron chi connectivity index (χ2n) is 10.4. The number of hydrogen-bond donors (Lipinski definition) is 0. The van der Waals surface area contributed by atoms with Crippen molar-refractivity contribution in [1.82, 2.24) is 24.5 Å². The Kier molecular flexibility index (Phi) is 5.63. The molecule has 0 saturated heterocycles. The van der Waals surface area contributed by atoms with Crippen LogP contribution in [-0.4, -0.2) is 24.5 Å². The lowest BCUT2D eigenvalue weighted by atomic mass is 9.86. The number of hydrogen-bond acceptors (Lipinski definition) is 6. The van der Waals surface area contributed by atoms with Gasteiger partial charge in [-0.2, -0.15) is 10.5 Å². The maximum Gasteiger partial charge on any atom is 0.232 e. The molecule has 6 rings (SSSR count). The molecule has 0 spiro atoms. The van der Waals surface area contributed by atoms with Crippen LogP contribution in [0.1, 0.15) is 38.0 Å². The van der Waals surface area contributed by atoms with Crippen LogP contribution in [0.15, 0.2) is 85.5 Å². The highest BCUT2D eigenvalue weighted by Crippen LogP contribution is 2.39. The van der Waals surface area contributed by atoms with Gasteiger partial charge in [0, 0.05) is 52.3 Å². The summed E-state index contributed by atoms with van der Waals surface area (Å²) in [6.07, 6.45) is 6.65. The summed E-state index contributed by atoms with van der Waals surface area (Å²) in [6, 6.07) is 25.2. The van der Waals surface area contributed by atoms with Gasteiger partial charge in [-0.1, -0.05) is 51.1 Å². The van der Waals surface area contributed by atoms with Gasteiger partial charge < -0.3 is 4.57 Å². The highest BCUT2D eigenvalue weighted by Gasteiger charge is 2.20. The minimum atomic E-state index is 0.0210. The van der Waals surface area contributed by atoms with E-state index in [1.165, 1.54) is 16.3 Å². The Morgan fingerprint density at radius 1 is 0.641 bits per heavy atom. The summed E-state index contributed by atoms with van der Waals surface area (Å²) >= 11 is 0. The molecule has 0 unspecified atom stereocenters. The Hall–Kier alpha value is -5.40. The van der Waals surface area contributed by atoms with E-state index in [-0.39, 0.29) is 17.1 Å². The van der Waals surface area contributed by atoms with E-state index in [2.05, 4.69) is 99.9 Å². The molecule has 0 aliphatic carbocycles. The molecule has 3 aromatic heterocycles. The summed E-state index contributed by atoms with van der Waals surface area (Å²) in [6.45, 7) is 6.67. The average molecular weight is 506 g/mol. The number of fused-ring (bicyclic) bond motifs is 3. The lowest BCUT2D eigenvalue weighted by Gasteiger charge is -2.19. The molecular formula is C32H23N7. The monoisotopic (exact) mass is 505 g/mol. The zero-order valence-electron chi connectivity index (χ0n) is 21.7. The van der Waals surface area contributed by atoms with Crippen LogP contribution in [0.3, 0.4) is 0 Å². The van der Waals surface area contributed by atoms with Crippen molar-refractivity contribution in [3.8, 4) is 40.1 Å². The normalized spacial score (nSPS) is 11.4. The molecule has 0 aliphatic rings. The first-order chi connectivity index (χ1) is 18.9. The minimum Gasteiger partial charge on any atom is -0.309 e. The van der Waals surface area contributed by atoms with E-state index in [4.69, 9.17) is 5.26 Å². The Bertz CT molecular complexity index is 1950. The van der Waals surface area contributed by atoms with Crippen LogP contribution in [0.2, 0.25) is 0 Å². The maximum atomic E-state index is 9.24. The van der Waals surface area contributed by atoms with Crippen LogP contribution in [0, 0.1) is 22.7 Å². The predicted octanol–water partition coefficient (Wildman–Crippen LogP) is 6.74. The Labute approximate surface area is 225 Å². The molecule has 7 nitrogen and oxygen atoms in total. The minimum absolute atomic E-state index is 0.0210. The van der Waals surface area contributed by atoms with Gasteiger partial charge in [-0.25, -0.2) is 19.9 Å². The van der Waals surface area contributed by atoms with Crippen molar-refractivity contribution in [3.05, 3.63) is 103 Å². The van der Waals surface area contributed by atoms with E-state index >= 15 is 0 Å². The summed E-state index contributed by atoms with van der Waals surface area (Å²) in [5.41, 5.74) is 7.77. The summed E-state index contributed by atoms with van der Waals surface area (Å²) in [4.78, 5) is 16.8. The SMILES string of the molecule is CC(C)(C)c1ccc2c(c1)c1ccccc1n2-c1ccc(-c2cnc(C#N)nc2)cc1-c1cnc(C#N)nc1. The molecule has 0 fully saturated rings.